The second-order valence-corrected chi connectivity index (χ2v) is 6.36. The van der Waals surface area contributed by atoms with Gasteiger partial charge in [0.05, 0.1) is 29.1 Å². The molecule has 1 N–H and O–H groups in total. The molecule has 1 aliphatic rings. The lowest BCUT2D eigenvalue weighted by molar-refractivity contribution is -0.141. The van der Waals surface area contributed by atoms with Gasteiger partial charge >= 0.3 is 12.1 Å². The molecule has 1 aliphatic heterocycles. The highest BCUT2D eigenvalue weighted by atomic mass is 19.4. The van der Waals surface area contributed by atoms with Crippen molar-refractivity contribution in [2.45, 2.75) is 32.0 Å². The molecule has 0 aliphatic carbocycles. The molecule has 3 heterocycles. The predicted molar refractivity (Wildman–Crippen MR) is 87.3 cm³/mol. The van der Waals surface area contributed by atoms with Gasteiger partial charge in [-0.2, -0.15) is 18.3 Å². The van der Waals surface area contributed by atoms with Crippen LogP contribution in [-0.4, -0.2) is 49.7 Å². The van der Waals surface area contributed by atoms with E-state index < -0.39 is 17.8 Å². The molecular formula is C17H17F3N4O3. The number of amides is 1. The monoisotopic (exact) mass is 382 g/mol. The summed E-state index contributed by atoms with van der Waals surface area (Å²) in [6.45, 7) is 2.17. The SMILES string of the molecule is Cc1nc(C(F)(F)F)ccc1C(=O)N1CCC(n2cc(C(=O)O)cn2)CC1. The largest absolute Gasteiger partial charge is 0.478 e. The van der Waals surface area contributed by atoms with E-state index in [2.05, 4.69) is 10.1 Å². The van der Waals surface area contributed by atoms with E-state index >= 15 is 0 Å². The molecule has 0 saturated carbocycles. The van der Waals surface area contributed by atoms with Crippen LogP contribution in [0.15, 0.2) is 24.5 Å². The third-order valence-electron chi connectivity index (χ3n) is 4.58. The Morgan fingerprint density at radius 2 is 1.89 bits per heavy atom. The van der Waals surface area contributed by atoms with Crippen LogP contribution in [0.25, 0.3) is 0 Å². The minimum absolute atomic E-state index is 0.0334. The summed E-state index contributed by atoms with van der Waals surface area (Å²) in [5.41, 5.74) is -0.744. The maximum atomic E-state index is 12.7. The summed E-state index contributed by atoms with van der Waals surface area (Å²) in [6.07, 6.45) is -0.687. The molecule has 1 amide bonds. The molecule has 1 fully saturated rings. The van der Waals surface area contributed by atoms with Crippen LogP contribution in [0.3, 0.4) is 0 Å². The Morgan fingerprint density at radius 1 is 1.22 bits per heavy atom. The summed E-state index contributed by atoms with van der Waals surface area (Å²) >= 11 is 0. The van der Waals surface area contributed by atoms with E-state index in [4.69, 9.17) is 5.11 Å². The summed E-state index contributed by atoms with van der Waals surface area (Å²) < 4.78 is 39.7. The molecule has 10 heteroatoms. The Hall–Kier alpha value is -2.91. The van der Waals surface area contributed by atoms with Crippen LogP contribution in [0.4, 0.5) is 13.2 Å². The summed E-state index contributed by atoms with van der Waals surface area (Å²) in [4.78, 5) is 28.6. The second kappa shape index (κ2) is 7.01. The highest BCUT2D eigenvalue weighted by molar-refractivity contribution is 5.95. The van der Waals surface area contributed by atoms with E-state index in [0.717, 1.165) is 12.1 Å². The van der Waals surface area contributed by atoms with Crippen LogP contribution in [0.5, 0.6) is 0 Å². The molecule has 0 aromatic carbocycles. The number of aromatic carboxylic acids is 1. The molecule has 0 radical (unpaired) electrons. The Labute approximate surface area is 152 Å². The van der Waals surface area contributed by atoms with Crippen molar-refractivity contribution >= 4 is 11.9 Å². The van der Waals surface area contributed by atoms with Gasteiger partial charge in [0.2, 0.25) is 0 Å². The van der Waals surface area contributed by atoms with Crippen LogP contribution in [0.2, 0.25) is 0 Å². The van der Waals surface area contributed by atoms with Crippen molar-refractivity contribution in [1.29, 1.82) is 0 Å². The average molecular weight is 382 g/mol. The number of carbonyl (C=O) groups excluding carboxylic acids is 1. The summed E-state index contributed by atoms with van der Waals surface area (Å²) in [5.74, 6) is -1.42. The molecule has 2 aromatic rings. The quantitative estimate of drug-likeness (QED) is 0.882. The molecular weight excluding hydrogens is 365 g/mol. The number of pyridine rings is 1. The number of hydrogen-bond donors (Lipinski definition) is 1. The fourth-order valence-corrected chi connectivity index (χ4v) is 3.10. The third kappa shape index (κ3) is 3.93. The number of carboxylic acid groups (broad SMARTS) is 1. The third-order valence-corrected chi connectivity index (χ3v) is 4.58. The van der Waals surface area contributed by atoms with E-state index in [0.29, 0.717) is 25.9 Å². The first kappa shape index (κ1) is 18.9. The van der Waals surface area contributed by atoms with Crippen LogP contribution in [0.1, 0.15) is 51.0 Å². The topological polar surface area (TPSA) is 88.3 Å². The number of hydrogen-bond acceptors (Lipinski definition) is 4. The summed E-state index contributed by atoms with van der Waals surface area (Å²) in [5, 5.41) is 13.0. The van der Waals surface area contributed by atoms with Gasteiger partial charge in [-0.25, -0.2) is 9.78 Å². The van der Waals surface area contributed by atoms with Gasteiger partial charge in [0.25, 0.3) is 5.91 Å². The molecule has 27 heavy (non-hydrogen) atoms. The minimum Gasteiger partial charge on any atom is -0.478 e. The molecule has 1 saturated heterocycles. The maximum absolute atomic E-state index is 12.7. The van der Waals surface area contributed by atoms with Crippen LogP contribution >= 0.6 is 0 Å². The highest BCUT2D eigenvalue weighted by Crippen LogP contribution is 2.29. The molecule has 7 nitrogen and oxygen atoms in total. The van der Waals surface area contributed by atoms with Crippen LogP contribution in [0, 0.1) is 6.92 Å². The van der Waals surface area contributed by atoms with Gasteiger partial charge in [-0.05, 0) is 31.9 Å². The molecule has 3 rings (SSSR count). The average Bonchev–Trinajstić information content (AvgIpc) is 3.11. The smallest absolute Gasteiger partial charge is 0.433 e. The first-order chi connectivity index (χ1) is 12.7. The van der Waals surface area contributed by atoms with Crippen molar-refractivity contribution < 1.29 is 27.9 Å². The van der Waals surface area contributed by atoms with Gasteiger partial charge in [0, 0.05) is 19.3 Å². The summed E-state index contributed by atoms with van der Waals surface area (Å²) in [7, 11) is 0. The first-order valence-electron chi connectivity index (χ1n) is 8.28. The Bertz CT molecular complexity index is 871. The zero-order chi connectivity index (χ0) is 19.8. The number of piperidine rings is 1. The van der Waals surface area contributed by atoms with Crippen molar-refractivity contribution in [3.63, 3.8) is 0 Å². The Balaban J connectivity index is 1.67. The van der Waals surface area contributed by atoms with Gasteiger partial charge in [0.1, 0.15) is 5.69 Å². The molecule has 0 spiro atoms. The fourth-order valence-electron chi connectivity index (χ4n) is 3.10. The van der Waals surface area contributed by atoms with Gasteiger partial charge in [-0.3, -0.25) is 9.48 Å². The lowest BCUT2D eigenvalue weighted by Gasteiger charge is -2.32. The molecule has 0 atom stereocenters. The van der Waals surface area contributed by atoms with Crippen LogP contribution < -0.4 is 0 Å². The number of aromatic nitrogens is 3. The normalized spacial score (nSPS) is 15.8. The molecule has 144 valence electrons. The number of nitrogens with zero attached hydrogens (tertiary/aromatic N) is 4. The van der Waals surface area contributed by atoms with Gasteiger partial charge in [-0.1, -0.05) is 0 Å². The minimum atomic E-state index is -4.55. The number of halogens is 3. The zero-order valence-corrected chi connectivity index (χ0v) is 14.4. The van der Waals surface area contributed by atoms with E-state index in [1.54, 1.807) is 9.58 Å². The van der Waals surface area contributed by atoms with Crippen molar-refractivity contribution in [3.8, 4) is 0 Å². The molecule has 2 aromatic heterocycles. The number of alkyl halides is 3. The van der Waals surface area contributed by atoms with Crippen LogP contribution in [-0.2, 0) is 6.18 Å². The zero-order valence-electron chi connectivity index (χ0n) is 14.4. The van der Waals surface area contributed by atoms with Gasteiger partial charge in [0.15, 0.2) is 0 Å². The second-order valence-electron chi connectivity index (χ2n) is 6.36. The predicted octanol–water partition coefficient (Wildman–Crippen LogP) is 2.78. The van der Waals surface area contributed by atoms with Crippen molar-refractivity contribution in [1.82, 2.24) is 19.7 Å². The summed E-state index contributed by atoms with van der Waals surface area (Å²) in [6, 6.07) is 1.94. The van der Waals surface area contributed by atoms with Crippen molar-refractivity contribution in [2.75, 3.05) is 13.1 Å². The molecule has 0 bridgehead atoms. The Kier molecular flexibility index (Phi) is 4.90. The van der Waals surface area contributed by atoms with E-state index in [-0.39, 0.29) is 28.8 Å². The van der Waals surface area contributed by atoms with Gasteiger partial charge in [-0.15, -0.1) is 0 Å². The van der Waals surface area contributed by atoms with E-state index in [1.165, 1.54) is 19.3 Å². The van der Waals surface area contributed by atoms with E-state index in [9.17, 15) is 22.8 Å². The van der Waals surface area contributed by atoms with Gasteiger partial charge < -0.3 is 10.0 Å². The number of carbonyl (C=O) groups is 2. The lowest BCUT2D eigenvalue weighted by Crippen LogP contribution is -2.39. The lowest BCUT2D eigenvalue weighted by atomic mass is 10.0. The first-order valence-corrected chi connectivity index (χ1v) is 8.28. The highest BCUT2D eigenvalue weighted by Gasteiger charge is 2.33. The van der Waals surface area contributed by atoms with Crippen molar-refractivity contribution in [2.24, 2.45) is 0 Å². The number of rotatable bonds is 3. The number of likely N-dealkylation sites (tertiary alicyclic amines) is 1. The number of aryl methyl sites for hydroxylation is 1. The fraction of sp³-hybridized carbons (Fsp3) is 0.412. The Morgan fingerprint density at radius 3 is 2.41 bits per heavy atom. The molecule has 0 unspecified atom stereocenters. The van der Waals surface area contributed by atoms with Crippen molar-refractivity contribution in [3.05, 3.63) is 47.0 Å². The number of carboxylic acids is 1. The van der Waals surface area contributed by atoms with E-state index in [1.807, 2.05) is 0 Å². The maximum Gasteiger partial charge on any atom is 0.433 e. The standard InChI is InChI=1S/C17H17F3N4O3/c1-10-13(2-3-14(22-10)17(18,19)20)15(25)23-6-4-12(5-7-23)24-9-11(8-21-24)16(26)27/h2-3,8-9,12H,4-7H2,1H3,(H,26,27).